The molecule has 1 aliphatic heterocycles. The van der Waals surface area contributed by atoms with Gasteiger partial charge in [-0.05, 0) is 97.5 Å². The third-order valence-electron chi connectivity index (χ3n) is 9.31. The SMILES string of the molecule is COc1ccc(/C=C2/CCCC3C2=NN(C(=O)C(C)OC(=O)CSc2nnc(-c4cccc(Cl)c4)n2Cc2ccco2)C3c2ccc(OC)cc2)cc1. The first-order valence-electron chi connectivity index (χ1n) is 17.3. The zero-order chi connectivity index (χ0) is 36.9. The standard InChI is InChI=1S/C40H38ClN5O6S/c1-25(52-35(47)24-53-40-43-42-38(29-8-4-9-30(41)22-29)45(40)23-33-10-6-20-51-33)39(48)46-37(27-14-18-32(50-3)19-15-27)34-11-5-7-28(36(34)44-46)21-26-12-16-31(49-2)17-13-26/h4,6,8-10,12-22,25,34,37H,5,7,11,23-24H2,1-3H3/b28-21-. The molecule has 0 spiro atoms. The molecule has 3 unspecified atom stereocenters. The van der Waals surface area contributed by atoms with Crippen LogP contribution in [0, 0.1) is 5.92 Å². The third kappa shape index (κ3) is 8.03. The summed E-state index contributed by atoms with van der Waals surface area (Å²) in [6.07, 6.45) is 5.28. The quantitative estimate of drug-likeness (QED) is 0.0920. The number of esters is 1. The fourth-order valence-electron chi connectivity index (χ4n) is 6.75. The van der Waals surface area contributed by atoms with E-state index in [4.69, 9.17) is 35.3 Å². The molecule has 11 nitrogen and oxygen atoms in total. The lowest BCUT2D eigenvalue weighted by atomic mass is 9.77. The lowest BCUT2D eigenvalue weighted by Crippen LogP contribution is -2.39. The summed E-state index contributed by atoms with van der Waals surface area (Å²) in [6.45, 7) is 1.93. The van der Waals surface area contributed by atoms with E-state index in [0.29, 0.717) is 34.1 Å². The fourth-order valence-corrected chi connectivity index (χ4v) is 7.66. The number of hydrazone groups is 1. The number of carbonyl (C=O) groups excluding carboxylic acids is 2. The molecule has 3 aromatic carbocycles. The second-order valence-corrected chi connectivity index (χ2v) is 14.1. The van der Waals surface area contributed by atoms with Crippen LogP contribution in [0.4, 0.5) is 0 Å². The number of methoxy groups -OCH3 is 2. The van der Waals surface area contributed by atoms with Gasteiger partial charge in [-0.3, -0.25) is 14.2 Å². The summed E-state index contributed by atoms with van der Waals surface area (Å²) in [4.78, 5) is 27.5. The van der Waals surface area contributed by atoms with Gasteiger partial charge in [-0.25, -0.2) is 5.01 Å². The molecule has 7 rings (SSSR count). The fraction of sp³-hybridized carbons (Fsp3) is 0.275. The highest BCUT2D eigenvalue weighted by atomic mass is 35.5. The highest BCUT2D eigenvalue weighted by Gasteiger charge is 2.45. The van der Waals surface area contributed by atoms with Crippen molar-refractivity contribution in [3.8, 4) is 22.9 Å². The summed E-state index contributed by atoms with van der Waals surface area (Å²) in [6, 6.07) is 26.2. The van der Waals surface area contributed by atoms with Gasteiger partial charge < -0.3 is 18.6 Å². The van der Waals surface area contributed by atoms with Gasteiger partial charge in [-0.1, -0.05) is 59.8 Å². The van der Waals surface area contributed by atoms with Crippen molar-refractivity contribution in [3.63, 3.8) is 0 Å². The van der Waals surface area contributed by atoms with E-state index in [1.807, 2.05) is 71.3 Å². The normalized spacial score (nSPS) is 18.0. The minimum atomic E-state index is -1.09. The molecule has 272 valence electrons. The Morgan fingerprint density at radius 3 is 2.45 bits per heavy atom. The van der Waals surface area contributed by atoms with Crippen molar-refractivity contribution < 1.29 is 28.2 Å². The van der Waals surface area contributed by atoms with Gasteiger partial charge in [-0.15, -0.1) is 10.2 Å². The summed E-state index contributed by atoms with van der Waals surface area (Å²) in [5.74, 6) is 1.66. The van der Waals surface area contributed by atoms with Crippen LogP contribution in [0.2, 0.25) is 5.02 Å². The average molecular weight is 752 g/mol. The highest BCUT2D eigenvalue weighted by Crippen LogP contribution is 2.45. The first-order chi connectivity index (χ1) is 25.8. The van der Waals surface area contributed by atoms with E-state index < -0.39 is 18.0 Å². The molecule has 3 heterocycles. The summed E-state index contributed by atoms with van der Waals surface area (Å²) >= 11 is 7.43. The molecule has 5 aromatic rings. The monoisotopic (exact) mass is 751 g/mol. The van der Waals surface area contributed by atoms with E-state index in [0.717, 1.165) is 64.7 Å². The Kier molecular flexibility index (Phi) is 11.0. The maximum Gasteiger partial charge on any atom is 0.317 e. The molecule has 1 aliphatic carbocycles. The molecular weight excluding hydrogens is 714 g/mol. The van der Waals surface area contributed by atoms with Crippen molar-refractivity contribution in [2.24, 2.45) is 11.0 Å². The van der Waals surface area contributed by atoms with E-state index in [1.54, 1.807) is 45.6 Å². The predicted octanol–water partition coefficient (Wildman–Crippen LogP) is 8.10. The zero-order valence-corrected chi connectivity index (χ0v) is 31.0. The number of thioether (sulfide) groups is 1. The number of fused-ring (bicyclic) bond motifs is 1. The van der Waals surface area contributed by atoms with Gasteiger partial charge in [0.2, 0.25) is 0 Å². The Balaban J connectivity index is 1.10. The van der Waals surface area contributed by atoms with Gasteiger partial charge in [0.15, 0.2) is 17.1 Å². The number of amides is 1. The smallest absolute Gasteiger partial charge is 0.317 e. The molecule has 1 fully saturated rings. The van der Waals surface area contributed by atoms with Gasteiger partial charge >= 0.3 is 5.97 Å². The molecule has 1 saturated carbocycles. The molecule has 0 N–H and O–H groups in total. The van der Waals surface area contributed by atoms with Crippen LogP contribution in [0.1, 0.15) is 49.1 Å². The minimum absolute atomic E-state index is 0.0294. The Hall–Kier alpha value is -5.33. The number of ether oxygens (including phenoxy) is 3. The van der Waals surface area contributed by atoms with Crippen LogP contribution in [0.3, 0.4) is 0 Å². The van der Waals surface area contributed by atoms with Crippen LogP contribution in [-0.2, 0) is 20.9 Å². The number of furan rings is 1. The third-order valence-corrected chi connectivity index (χ3v) is 10.5. The van der Waals surface area contributed by atoms with Gasteiger partial charge in [0.1, 0.15) is 17.3 Å². The van der Waals surface area contributed by atoms with Crippen LogP contribution in [0.25, 0.3) is 17.5 Å². The molecule has 1 amide bonds. The first kappa shape index (κ1) is 36.0. The van der Waals surface area contributed by atoms with E-state index in [-0.39, 0.29) is 17.7 Å². The summed E-state index contributed by atoms with van der Waals surface area (Å²) < 4.78 is 23.9. The number of hydrogen-bond acceptors (Lipinski definition) is 10. The van der Waals surface area contributed by atoms with Crippen LogP contribution in [0.5, 0.6) is 11.5 Å². The molecular formula is C40H38ClN5O6S. The summed E-state index contributed by atoms with van der Waals surface area (Å²) in [5.41, 5.74) is 4.67. The number of halogens is 1. The van der Waals surface area contributed by atoms with Gasteiger partial charge in [0.25, 0.3) is 5.91 Å². The molecule has 2 aromatic heterocycles. The van der Waals surface area contributed by atoms with Crippen molar-refractivity contribution in [1.29, 1.82) is 0 Å². The highest BCUT2D eigenvalue weighted by molar-refractivity contribution is 7.99. The molecule has 0 radical (unpaired) electrons. The number of nitrogens with zero attached hydrogens (tertiary/aromatic N) is 5. The topological polar surface area (TPSA) is 121 Å². The number of allylic oxidation sites excluding steroid dienone is 1. The van der Waals surface area contributed by atoms with Crippen molar-refractivity contribution in [2.45, 2.75) is 50.0 Å². The maximum absolute atomic E-state index is 14.2. The van der Waals surface area contributed by atoms with Crippen LogP contribution < -0.4 is 9.47 Å². The lowest BCUT2D eigenvalue weighted by molar-refractivity contribution is -0.158. The summed E-state index contributed by atoms with van der Waals surface area (Å²) in [5, 5.41) is 16.3. The second-order valence-electron chi connectivity index (χ2n) is 12.7. The average Bonchev–Trinajstić information content (AvgIpc) is 3.94. The molecule has 3 atom stereocenters. The Morgan fingerprint density at radius 1 is 1.00 bits per heavy atom. The van der Waals surface area contributed by atoms with Crippen molar-refractivity contribution in [1.82, 2.24) is 19.8 Å². The van der Waals surface area contributed by atoms with Crippen molar-refractivity contribution in [2.75, 3.05) is 20.0 Å². The van der Waals surface area contributed by atoms with E-state index >= 15 is 0 Å². The molecule has 13 heteroatoms. The first-order valence-corrected chi connectivity index (χ1v) is 18.6. The van der Waals surface area contributed by atoms with Crippen molar-refractivity contribution in [3.05, 3.63) is 119 Å². The van der Waals surface area contributed by atoms with Crippen LogP contribution in [-0.4, -0.2) is 63.4 Å². The van der Waals surface area contributed by atoms with Gasteiger partial charge in [-0.2, -0.15) is 5.10 Å². The van der Waals surface area contributed by atoms with E-state index in [2.05, 4.69) is 16.3 Å². The Bertz CT molecular complexity index is 2130. The van der Waals surface area contributed by atoms with Gasteiger partial charge in [0.05, 0.1) is 44.5 Å². The van der Waals surface area contributed by atoms with Gasteiger partial charge in [0, 0.05) is 16.5 Å². The summed E-state index contributed by atoms with van der Waals surface area (Å²) in [7, 11) is 3.26. The van der Waals surface area contributed by atoms with Crippen LogP contribution in [0.15, 0.2) is 111 Å². The molecule has 2 aliphatic rings. The zero-order valence-electron chi connectivity index (χ0n) is 29.5. The molecule has 0 saturated heterocycles. The lowest BCUT2D eigenvalue weighted by Gasteiger charge is -2.30. The van der Waals surface area contributed by atoms with Crippen molar-refractivity contribution >= 4 is 47.0 Å². The molecule has 0 bridgehead atoms. The minimum Gasteiger partial charge on any atom is -0.497 e. The number of rotatable bonds is 12. The van der Waals surface area contributed by atoms with E-state index in [9.17, 15) is 9.59 Å². The number of aromatic nitrogens is 3. The number of hydrogen-bond donors (Lipinski definition) is 0. The predicted molar refractivity (Wildman–Crippen MR) is 203 cm³/mol. The Morgan fingerprint density at radius 2 is 1.75 bits per heavy atom. The number of carbonyl (C=O) groups is 2. The Labute approximate surface area is 316 Å². The second kappa shape index (κ2) is 16.1. The number of benzene rings is 3. The van der Waals surface area contributed by atoms with Crippen LogP contribution >= 0.6 is 23.4 Å². The molecule has 53 heavy (non-hydrogen) atoms. The largest absolute Gasteiger partial charge is 0.497 e. The van der Waals surface area contributed by atoms with E-state index in [1.165, 1.54) is 5.01 Å². The maximum atomic E-state index is 14.2.